The summed E-state index contributed by atoms with van der Waals surface area (Å²) in [6.07, 6.45) is 22.9. The predicted octanol–water partition coefficient (Wildman–Crippen LogP) is 11.2. The number of hydrogen-bond acceptors (Lipinski definition) is 5. The van der Waals surface area contributed by atoms with Gasteiger partial charge in [0.05, 0.1) is 13.2 Å². The third kappa shape index (κ3) is 15.6. The molecule has 0 aliphatic heterocycles. The zero-order valence-electron chi connectivity index (χ0n) is 27.0. The van der Waals surface area contributed by atoms with Crippen LogP contribution in [-0.4, -0.2) is 29.6 Å². The lowest BCUT2D eigenvalue weighted by atomic mass is 9.93. The highest BCUT2D eigenvalue weighted by Gasteiger charge is 2.28. The van der Waals surface area contributed by atoms with Gasteiger partial charge < -0.3 is 24.4 Å². The van der Waals surface area contributed by atoms with Gasteiger partial charge in [0.1, 0.15) is 0 Å². The second-order valence-electron chi connectivity index (χ2n) is 11.5. The Morgan fingerprint density at radius 1 is 0.512 bits per heavy atom. The molecule has 0 atom stereocenters. The van der Waals surface area contributed by atoms with Gasteiger partial charge >= 0.3 is 6.16 Å². The number of phenolic OH excluding ortho intramolecular Hbond substituents is 1. The van der Waals surface area contributed by atoms with Gasteiger partial charge in [-0.3, -0.25) is 0 Å². The number of benzene rings is 1. The molecular weight excluding hydrogens is 516 g/mol. The maximum atomic E-state index is 11.7. The van der Waals surface area contributed by atoms with Gasteiger partial charge in [0, 0.05) is 11.1 Å². The molecule has 1 aromatic rings. The van der Waals surface area contributed by atoms with E-state index < -0.39 is 6.16 Å². The van der Waals surface area contributed by atoms with E-state index in [9.17, 15) is 15.0 Å². The molecular formula is C35H62O6. The molecule has 0 saturated heterocycles. The Balaban J connectivity index is 3.24. The molecule has 1 rings (SSSR count). The fourth-order valence-electron chi connectivity index (χ4n) is 5.27. The molecule has 0 bridgehead atoms. The first-order chi connectivity index (χ1) is 20.0. The molecule has 0 saturated carbocycles. The molecule has 6 nitrogen and oxygen atoms in total. The monoisotopic (exact) mass is 578 g/mol. The van der Waals surface area contributed by atoms with Crippen molar-refractivity contribution in [2.45, 2.75) is 169 Å². The van der Waals surface area contributed by atoms with Gasteiger partial charge in [-0.2, -0.15) is 0 Å². The van der Waals surface area contributed by atoms with Crippen molar-refractivity contribution >= 4 is 6.16 Å². The van der Waals surface area contributed by atoms with E-state index in [1.165, 1.54) is 77.0 Å². The Labute approximate surface area is 251 Å². The molecule has 0 radical (unpaired) electrons. The van der Waals surface area contributed by atoms with Gasteiger partial charge in [-0.25, -0.2) is 4.79 Å². The minimum absolute atomic E-state index is 0.0979. The van der Waals surface area contributed by atoms with Crippen LogP contribution in [0.25, 0.3) is 0 Å². The zero-order chi connectivity index (χ0) is 30.1. The molecule has 0 aromatic heterocycles. The van der Waals surface area contributed by atoms with Gasteiger partial charge in [-0.05, 0) is 38.5 Å². The number of unbranched alkanes of at least 4 members (excludes halogenated alkanes) is 16. The summed E-state index contributed by atoms with van der Waals surface area (Å²) in [6, 6.07) is 0. The molecule has 0 amide bonds. The smallest absolute Gasteiger partial charge is 0.504 e. The topological polar surface area (TPSA) is 85.2 Å². The fourth-order valence-corrected chi connectivity index (χ4v) is 5.27. The van der Waals surface area contributed by atoms with Gasteiger partial charge in [0.2, 0.25) is 11.5 Å². The summed E-state index contributed by atoms with van der Waals surface area (Å²) in [4.78, 5) is 11.7. The van der Waals surface area contributed by atoms with Crippen LogP contribution >= 0.6 is 0 Å². The first kappa shape index (κ1) is 36.9. The number of carboxylic acid groups (broad SMARTS) is 1. The average molecular weight is 579 g/mol. The van der Waals surface area contributed by atoms with Crippen LogP contribution < -0.4 is 14.2 Å². The summed E-state index contributed by atoms with van der Waals surface area (Å²) in [5, 5.41) is 21.0. The van der Waals surface area contributed by atoms with Crippen LogP contribution in [0.4, 0.5) is 4.79 Å². The van der Waals surface area contributed by atoms with E-state index in [0.717, 1.165) is 68.9 Å². The van der Waals surface area contributed by atoms with E-state index in [2.05, 4.69) is 27.7 Å². The lowest BCUT2D eigenvalue weighted by molar-refractivity contribution is 0.139. The molecule has 0 heterocycles. The van der Waals surface area contributed by atoms with Gasteiger partial charge in [0.25, 0.3) is 0 Å². The lowest BCUT2D eigenvalue weighted by Crippen LogP contribution is -2.12. The van der Waals surface area contributed by atoms with Crippen LogP contribution in [0.1, 0.15) is 167 Å². The Hall–Kier alpha value is -2.11. The first-order valence-electron chi connectivity index (χ1n) is 17.1. The van der Waals surface area contributed by atoms with E-state index in [0.29, 0.717) is 25.4 Å². The van der Waals surface area contributed by atoms with Crippen molar-refractivity contribution in [3.05, 3.63) is 11.1 Å². The maximum absolute atomic E-state index is 11.7. The largest absolute Gasteiger partial charge is 0.511 e. The molecule has 0 aliphatic rings. The Kier molecular flexibility index (Phi) is 22.0. The van der Waals surface area contributed by atoms with Crippen LogP contribution in [-0.2, 0) is 12.8 Å². The minimum Gasteiger partial charge on any atom is -0.504 e. The van der Waals surface area contributed by atoms with Gasteiger partial charge in [-0.1, -0.05) is 130 Å². The van der Waals surface area contributed by atoms with Crippen LogP contribution in [0.3, 0.4) is 0 Å². The summed E-state index contributed by atoms with van der Waals surface area (Å²) in [6.45, 7) is 9.60. The van der Waals surface area contributed by atoms with Crippen molar-refractivity contribution in [3.8, 4) is 23.0 Å². The molecule has 0 aliphatic carbocycles. The number of hydrogen-bond donors (Lipinski definition) is 2. The number of aromatic hydroxyl groups is 1. The van der Waals surface area contributed by atoms with Crippen molar-refractivity contribution in [3.63, 3.8) is 0 Å². The highest BCUT2D eigenvalue weighted by molar-refractivity contribution is 5.72. The Bertz CT molecular complexity index is 807. The van der Waals surface area contributed by atoms with Crippen molar-refractivity contribution in [2.75, 3.05) is 13.2 Å². The van der Waals surface area contributed by atoms with E-state index in [1.54, 1.807) is 0 Å². The number of rotatable bonds is 27. The van der Waals surface area contributed by atoms with Gasteiger partial charge in [0.15, 0.2) is 11.5 Å². The van der Waals surface area contributed by atoms with E-state index in [1.807, 2.05) is 0 Å². The van der Waals surface area contributed by atoms with Crippen molar-refractivity contribution < 1.29 is 29.2 Å². The van der Waals surface area contributed by atoms with Crippen LogP contribution in [0.5, 0.6) is 23.0 Å². The molecule has 0 unspecified atom stereocenters. The molecule has 0 spiro atoms. The fraction of sp³-hybridized carbons (Fsp3) is 0.800. The third-order valence-corrected chi connectivity index (χ3v) is 7.79. The molecule has 238 valence electrons. The SMILES string of the molecule is CCCCCCCCCCc1c(O)c(OC(=O)O)c(OCCCC)c(OCCCC)c1CCCCCCCCCC. The summed E-state index contributed by atoms with van der Waals surface area (Å²) in [5.74, 6) is 0.596. The predicted molar refractivity (Wildman–Crippen MR) is 170 cm³/mol. The summed E-state index contributed by atoms with van der Waals surface area (Å²) < 4.78 is 17.7. The van der Waals surface area contributed by atoms with Crippen LogP contribution in [0, 0.1) is 0 Å². The number of phenols is 1. The average Bonchev–Trinajstić information content (AvgIpc) is 2.95. The van der Waals surface area contributed by atoms with E-state index >= 15 is 0 Å². The standard InChI is InChI=1S/C35H62O6/c1-5-9-13-15-17-19-21-23-25-29-30(26-24-22-20-18-16-14-10-6-2)32(39-27-11-7-3)34(40-28-12-8-4)33(31(29)36)41-35(37)38/h36H,5-28H2,1-4H3,(H,37,38). The van der Waals surface area contributed by atoms with E-state index in [4.69, 9.17) is 14.2 Å². The maximum Gasteiger partial charge on any atom is 0.511 e. The molecule has 0 fully saturated rings. The molecule has 2 N–H and O–H groups in total. The third-order valence-electron chi connectivity index (χ3n) is 7.79. The summed E-state index contributed by atoms with van der Waals surface area (Å²) in [7, 11) is 0. The Morgan fingerprint density at radius 3 is 1.34 bits per heavy atom. The lowest BCUT2D eigenvalue weighted by Gasteiger charge is -2.23. The van der Waals surface area contributed by atoms with Crippen LogP contribution in [0.15, 0.2) is 0 Å². The number of ether oxygens (including phenoxy) is 3. The van der Waals surface area contributed by atoms with Crippen molar-refractivity contribution in [1.82, 2.24) is 0 Å². The summed E-state index contributed by atoms with van der Waals surface area (Å²) in [5.41, 5.74) is 1.74. The van der Waals surface area contributed by atoms with Gasteiger partial charge in [-0.15, -0.1) is 0 Å². The zero-order valence-corrected chi connectivity index (χ0v) is 27.0. The first-order valence-corrected chi connectivity index (χ1v) is 17.1. The summed E-state index contributed by atoms with van der Waals surface area (Å²) >= 11 is 0. The number of carbonyl (C=O) groups is 1. The molecule has 41 heavy (non-hydrogen) atoms. The van der Waals surface area contributed by atoms with E-state index in [-0.39, 0.29) is 17.2 Å². The van der Waals surface area contributed by atoms with Crippen LogP contribution in [0.2, 0.25) is 0 Å². The quantitative estimate of drug-likeness (QED) is 0.0613. The second-order valence-corrected chi connectivity index (χ2v) is 11.5. The molecule has 6 heteroatoms. The Morgan fingerprint density at radius 2 is 0.902 bits per heavy atom. The normalized spacial score (nSPS) is 11.1. The molecule has 1 aromatic carbocycles. The minimum atomic E-state index is -1.46. The van der Waals surface area contributed by atoms with Crippen molar-refractivity contribution in [2.24, 2.45) is 0 Å². The highest BCUT2D eigenvalue weighted by Crippen LogP contribution is 2.51. The van der Waals surface area contributed by atoms with Crippen molar-refractivity contribution in [1.29, 1.82) is 0 Å². The second kappa shape index (κ2) is 24.5. The highest BCUT2D eigenvalue weighted by atomic mass is 16.7.